The van der Waals surface area contributed by atoms with Crippen LogP contribution in [0.1, 0.15) is 43.7 Å². The molecule has 0 saturated heterocycles. The van der Waals surface area contributed by atoms with Crippen LogP contribution >= 0.6 is 11.3 Å². The zero-order valence-electron chi connectivity index (χ0n) is 15.9. The van der Waals surface area contributed by atoms with Crippen LogP contribution in [0, 0.1) is 0 Å². The van der Waals surface area contributed by atoms with Gasteiger partial charge in [0.05, 0.1) is 15.9 Å². The van der Waals surface area contributed by atoms with Gasteiger partial charge in [0, 0.05) is 10.9 Å². The molecule has 0 radical (unpaired) electrons. The van der Waals surface area contributed by atoms with Crippen LogP contribution in [-0.4, -0.2) is 16.5 Å². The Bertz CT molecular complexity index is 1010. The number of aromatic nitrogens is 2. The fourth-order valence-corrected chi connectivity index (χ4v) is 4.77. The van der Waals surface area contributed by atoms with Gasteiger partial charge in [-0.3, -0.25) is 0 Å². The van der Waals surface area contributed by atoms with E-state index in [1.807, 2.05) is 0 Å². The van der Waals surface area contributed by atoms with Gasteiger partial charge in [-0.25, -0.2) is 4.98 Å². The Hall–Kier alpha value is -2.17. The maximum Gasteiger partial charge on any atom is 0.141 e. The molecule has 0 fully saturated rings. The smallest absolute Gasteiger partial charge is 0.141 e. The summed E-state index contributed by atoms with van der Waals surface area (Å²) in [4.78, 5) is 8.68. The van der Waals surface area contributed by atoms with Crippen LogP contribution in [0.2, 0.25) is 0 Å². The van der Waals surface area contributed by atoms with E-state index in [1.54, 1.807) is 11.3 Å². The van der Waals surface area contributed by atoms with Crippen LogP contribution in [0.3, 0.4) is 0 Å². The molecule has 4 rings (SSSR count). The van der Waals surface area contributed by atoms with Gasteiger partial charge in [0.15, 0.2) is 0 Å². The van der Waals surface area contributed by atoms with E-state index in [2.05, 4.69) is 54.4 Å². The number of benzene rings is 2. The SMILES string of the molecule is CCCCc1cccc2c(CCCCN)c(-c3nc4ccccc4s3)[nH]c12. The first-order valence-corrected chi connectivity index (χ1v) is 10.8. The normalized spacial score (nSPS) is 11.6. The second-order valence-electron chi connectivity index (χ2n) is 7.15. The molecular formula is C23H27N3S. The van der Waals surface area contributed by atoms with E-state index in [1.165, 1.54) is 45.3 Å². The predicted molar refractivity (Wildman–Crippen MR) is 118 cm³/mol. The molecule has 0 aliphatic rings. The first-order chi connectivity index (χ1) is 13.3. The fourth-order valence-electron chi connectivity index (χ4n) is 3.78. The number of hydrogen-bond acceptors (Lipinski definition) is 3. The van der Waals surface area contributed by atoms with Gasteiger partial charge in [-0.05, 0) is 61.9 Å². The van der Waals surface area contributed by atoms with E-state index >= 15 is 0 Å². The lowest BCUT2D eigenvalue weighted by atomic mass is 10.0. The molecule has 4 heteroatoms. The standard InChI is InChI=1S/C23H27N3S/c1-2-3-9-16-10-8-12-17-18(11-6-7-15-24)22(26-21(16)17)23-25-19-13-4-5-14-20(19)27-23/h4-5,8,10,12-14,26H,2-3,6-7,9,11,15,24H2,1H3. The number of aromatic amines is 1. The first kappa shape index (κ1) is 18.2. The third-order valence-electron chi connectivity index (χ3n) is 5.22. The summed E-state index contributed by atoms with van der Waals surface area (Å²) < 4.78 is 1.24. The number of para-hydroxylation sites is 2. The van der Waals surface area contributed by atoms with Crippen molar-refractivity contribution in [2.45, 2.75) is 45.4 Å². The Morgan fingerprint density at radius 3 is 2.70 bits per heavy atom. The molecule has 2 aromatic carbocycles. The number of thiazole rings is 1. The van der Waals surface area contributed by atoms with Crippen molar-refractivity contribution in [2.75, 3.05) is 6.54 Å². The molecule has 140 valence electrons. The van der Waals surface area contributed by atoms with Gasteiger partial charge in [0.2, 0.25) is 0 Å². The van der Waals surface area contributed by atoms with Gasteiger partial charge < -0.3 is 10.7 Å². The lowest BCUT2D eigenvalue weighted by Gasteiger charge is -2.04. The lowest BCUT2D eigenvalue weighted by Crippen LogP contribution is -1.99. The molecule has 0 spiro atoms. The maximum atomic E-state index is 5.74. The highest BCUT2D eigenvalue weighted by molar-refractivity contribution is 7.21. The quantitative estimate of drug-likeness (QED) is 0.366. The molecule has 27 heavy (non-hydrogen) atoms. The Labute approximate surface area is 164 Å². The molecule has 0 atom stereocenters. The summed E-state index contributed by atoms with van der Waals surface area (Å²) in [6.45, 7) is 3.00. The molecule has 0 aliphatic heterocycles. The highest BCUT2D eigenvalue weighted by Gasteiger charge is 2.17. The summed E-state index contributed by atoms with van der Waals surface area (Å²) >= 11 is 1.78. The summed E-state index contributed by atoms with van der Waals surface area (Å²) in [6, 6.07) is 15.1. The van der Waals surface area contributed by atoms with Gasteiger partial charge in [-0.2, -0.15) is 0 Å². The molecular weight excluding hydrogens is 350 g/mol. The molecule has 3 nitrogen and oxygen atoms in total. The summed E-state index contributed by atoms with van der Waals surface area (Å²) in [5.74, 6) is 0. The minimum absolute atomic E-state index is 0.751. The summed E-state index contributed by atoms with van der Waals surface area (Å²) in [6.07, 6.45) is 6.76. The Morgan fingerprint density at radius 2 is 1.89 bits per heavy atom. The first-order valence-electron chi connectivity index (χ1n) is 10.00. The number of rotatable bonds is 8. The molecule has 0 saturated carbocycles. The molecule has 0 amide bonds. The number of nitrogens with one attached hydrogen (secondary N) is 1. The topological polar surface area (TPSA) is 54.7 Å². The highest BCUT2D eigenvalue weighted by atomic mass is 32.1. The van der Waals surface area contributed by atoms with Crippen LogP contribution in [0.15, 0.2) is 42.5 Å². The average Bonchev–Trinajstić information content (AvgIpc) is 3.28. The van der Waals surface area contributed by atoms with Crippen molar-refractivity contribution in [3.63, 3.8) is 0 Å². The van der Waals surface area contributed by atoms with Gasteiger partial charge in [0.25, 0.3) is 0 Å². The predicted octanol–water partition coefficient (Wildman–Crippen LogP) is 6.07. The zero-order valence-corrected chi connectivity index (χ0v) is 16.7. The second kappa shape index (κ2) is 8.24. The monoisotopic (exact) mass is 377 g/mol. The molecule has 4 aromatic rings. The van der Waals surface area contributed by atoms with Crippen molar-refractivity contribution in [3.05, 3.63) is 53.6 Å². The largest absolute Gasteiger partial charge is 0.352 e. The number of nitrogens with two attached hydrogens (primary N) is 1. The van der Waals surface area contributed by atoms with Gasteiger partial charge in [-0.15, -0.1) is 11.3 Å². The number of unbranched alkanes of at least 4 members (excludes halogenated alkanes) is 2. The number of nitrogens with zero attached hydrogens (tertiary/aromatic N) is 1. The van der Waals surface area contributed by atoms with Gasteiger partial charge in [-0.1, -0.05) is 43.7 Å². The molecule has 0 unspecified atom stereocenters. The van der Waals surface area contributed by atoms with Crippen molar-refractivity contribution in [1.82, 2.24) is 9.97 Å². The summed E-state index contributed by atoms with van der Waals surface area (Å²) in [7, 11) is 0. The second-order valence-corrected chi connectivity index (χ2v) is 8.18. The van der Waals surface area contributed by atoms with Crippen molar-refractivity contribution < 1.29 is 0 Å². The lowest BCUT2D eigenvalue weighted by molar-refractivity contribution is 0.748. The van der Waals surface area contributed by atoms with Crippen molar-refractivity contribution >= 4 is 32.5 Å². The maximum absolute atomic E-state index is 5.74. The summed E-state index contributed by atoms with van der Waals surface area (Å²) in [5, 5.41) is 2.45. The number of hydrogen-bond donors (Lipinski definition) is 2. The molecule has 2 heterocycles. The molecule has 2 aromatic heterocycles. The third kappa shape index (κ3) is 3.64. The molecule has 0 aliphatic carbocycles. The van der Waals surface area contributed by atoms with E-state index in [0.29, 0.717) is 0 Å². The number of H-pyrrole nitrogens is 1. The van der Waals surface area contributed by atoms with Gasteiger partial charge in [0.1, 0.15) is 5.01 Å². The number of fused-ring (bicyclic) bond motifs is 2. The Kier molecular flexibility index (Phi) is 5.55. The van der Waals surface area contributed by atoms with Gasteiger partial charge >= 0.3 is 0 Å². The fraction of sp³-hybridized carbons (Fsp3) is 0.348. The molecule has 0 bridgehead atoms. The van der Waals surface area contributed by atoms with Crippen LogP contribution in [-0.2, 0) is 12.8 Å². The highest BCUT2D eigenvalue weighted by Crippen LogP contribution is 2.37. The molecule has 3 N–H and O–H groups in total. The zero-order chi connectivity index (χ0) is 18.6. The Balaban J connectivity index is 1.85. The van der Waals surface area contributed by atoms with Crippen molar-refractivity contribution in [3.8, 4) is 10.7 Å². The minimum Gasteiger partial charge on any atom is -0.352 e. The minimum atomic E-state index is 0.751. The van der Waals surface area contributed by atoms with E-state index in [0.717, 1.165) is 42.8 Å². The van der Waals surface area contributed by atoms with Crippen molar-refractivity contribution in [1.29, 1.82) is 0 Å². The van der Waals surface area contributed by atoms with Crippen molar-refractivity contribution in [2.24, 2.45) is 5.73 Å². The van der Waals surface area contributed by atoms with Crippen LogP contribution in [0.4, 0.5) is 0 Å². The van der Waals surface area contributed by atoms with E-state index in [4.69, 9.17) is 10.7 Å². The van der Waals surface area contributed by atoms with E-state index in [9.17, 15) is 0 Å². The van der Waals surface area contributed by atoms with Crippen LogP contribution in [0.5, 0.6) is 0 Å². The van der Waals surface area contributed by atoms with Crippen LogP contribution < -0.4 is 5.73 Å². The average molecular weight is 378 g/mol. The van der Waals surface area contributed by atoms with E-state index < -0.39 is 0 Å². The van der Waals surface area contributed by atoms with E-state index in [-0.39, 0.29) is 0 Å². The third-order valence-corrected chi connectivity index (χ3v) is 6.27. The summed E-state index contributed by atoms with van der Waals surface area (Å²) in [5.41, 5.74) is 12.1. The Morgan fingerprint density at radius 1 is 1.00 bits per heavy atom. The number of aryl methyl sites for hydroxylation is 2. The van der Waals surface area contributed by atoms with Crippen LogP contribution in [0.25, 0.3) is 31.8 Å².